The van der Waals surface area contributed by atoms with Gasteiger partial charge in [0.05, 0.1) is 5.56 Å². The fourth-order valence-corrected chi connectivity index (χ4v) is 3.17. The summed E-state index contributed by atoms with van der Waals surface area (Å²) < 4.78 is 1.80. The van der Waals surface area contributed by atoms with Crippen molar-refractivity contribution in [2.75, 3.05) is 18.0 Å². The Morgan fingerprint density at radius 1 is 1.17 bits per heavy atom. The van der Waals surface area contributed by atoms with Gasteiger partial charge in [-0.25, -0.2) is 9.97 Å². The number of anilines is 1. The first kappa shape index (κ1) is 16.0. The van der Waals surface area contributed by atoms with Gasteiger partial charge in [0.2, 0.25) is 5.91 Å². The lowest BCUT2D eigenvalue weighted by atomic mass is 9.95. The number of imidazole rings is 1. The van der Waals surface area contributed by atoms with Gasteiger partial charge in [-0.3, -0.25) is 9.59 Å². The second kappa shape index (κ2) is 6.69. The molecule has 3 rings (SSSR count). The van der Waals surface area contributed by atoms with E-state index >= 15 is 0 Å². The van der Waals surface area contributed by atoms with Crippen LogP contribution in [0.25, 0.3) is 0 Å². The highest BCUT2D eigenvalue weighted by Gasteiger charge is 2.26. The molecule has 0 atom stereocenters. The zero-order chi connectivity index (χ0) is 17.1. The van der Waals surface area contributed by atoms with Crippen LogP contribution in [-0.2, 0) is 11.3 Å². The van der Waals surface area contributed by atoms with E-state index in [0.29, 0.717) is 11.4 Å². The zero-order valence-corrected chi connectivity index (χ0v) is 13.3. The lowest BCUT2D eigenvalue weighted by Crippen LogP contribution is -2.36. The molecule has 0 aliphatic carbocycles. The lowest BCUT2D eigenvalue weighted by molar-refractivity contribution is -0.118. The van der Waals surface area contributed by atoms with E-state index in [4.69, 9.17) is 11.5 Å². The average molecular weight is 328 g/mol. The van der Waals surface area contributed by atoms with Gasteiger partial charge in [0.1, 0.15) is 18.2 Å². The van der Waals surface area contributed by atoms with Crippen molar-refractivity contribution in [2.45, 2.75) is 25.3 Å². The third kappa shape index (κ3) is 3.22. The number of rotatable bonds is 5. The van der Waals surface area contributed by atoms with E-state index in [-0.39, 0.29) is 18.4 Å². The summed E-state index contributed by atoms with van der Waals surface area (Å²) >= 11 is 0. The Morgan fingerprint density at radius 3 is 2.58 bits per heavy atom. The number of pyridine rings is 1. The Balaban J connectivity index is 1.72. The number of carbonyl (C=O) groups excluding carboxylic acids is 2. The van der Waals surface area contributed by atoms with E-state index in [0.717, 1.165) is 31.8 Å². The van der Waals surface area contributed by atoms with Crippen LogP contribution in [0.15, 0.2) is 30.7 Å². The number of aromatic nitrogens is 3. The van der Waals surface area contributed by atoms with Gasteiger partial charge < -0.3 is 20.9 Å². The smallest absolute Gasteiger partial charge is 0.252 e. The molecule has 2 amide bonds. The number of carbonyl (C=O) groups is 2. The van der Waals surface area contributed by atoms with Gasteiger partial charge in [0.25, 0.3) is 5.91 Å². The standard InChI is InChI=1S/C16H20N6O2/c17-13(23)10-22-9-6-20-15(22)11-3-7-21(8-4-11)16-12(14(18)24)2-1-5-19-16/h1-2,5-6,9,11H,3-4,7-8,10H2,(H2,17,23)(H2,18,24). The maximum Gasteiger partial charge on any atom is 0.252 e. The van der Waals surface area contributed by atoms with Crippen molar-refractivity contribution in [1.82, 2.24) is 14.5 Å². The molecule has 0 unspecified atom stereocenters. The molecule has 1 saturated heterocycles. The summed E-state index contributed by atoms with van der Waals surface area (Å²) in [5.74, 6) is 0.897. The molecule has 0 spiro atoms. The summed E-state index contributed by atoms with van der Waals surface area (Å²) in [6, 6.07) is 3.40. The van der Waals surface area contributed by atoms with E-state index in [1.54, 1.807) is 35.3 Å². The summed E-state index contributed by atoms with van der Waals surface area (Å²) in [6.45, 7) is 1.62. The third-order valence-corrected chi connectivity index (χ3v) is 4.29. The van der Waals surface area contributed by atoms with E-state index in [1.807, 2.05) is 0 Å². The lowest BCUT2D eigenvalue weighted by Gasteiger charge is -2.33. The van der Waals surface area contributed by atoms with Crippen LogP contribution in [0.3, 0.4) is 0 Å². The molecule has 2 aromatic rings. The first-order valence-corrected chi connectivity index (χ1v) is 7.85. The summed E-state index contributed by atoms with van der Waals surface area (Å²) in [5, 5.41) is 0. The maximum atomic E-state index is 11.6. The van der Waals surface area contributed by atoms with Gasteiger partial charge in [-0.15, -0.1) is 0 Å². The van der Waals surface area contributed by atoms with Gasteiger partial charge in [-0.05, 0) is 25.0 Å². The highest BCUT2D eigenvalue weighted by atomic mass is 16.1. The Hall–Kier alpha value is -2.90. The molecule has 4 N–H and O–H groups in total. The van der Waals surface area contributed by atoms with E-state index < -0.39 is 5.91 Å². The number of hydrogen-bond donors (Lipinski definition) is 2. The Labute approximate surface area is 139 Å². The third-order valence-electron chi connectivity index (χ3n) is 4.29. The van der Waals surface area contributed by atoms with Gasteiger partial charge >= 0.3 is 0 Å². The first-order valence-electron chi connectivity index (χ1n) is 7.85. The predicted molar refractivity (Wildman–Crippen MR) is 88.4 cm³/mol. The van der Waals surface area contributed by atoms with Crippen molar-refractivity contribution in [3.8, 4) is 0 Å². The van der Waals surface area contributed by atoms with Crippen molar-refractivity contribution >= 4 is 17.6 Å². The molecule has 0 bridgehead atoms. The number of nitrogens with two attached hydrogens (primary N) is 2. The van der Waals surface area contributed by atoms with Gasteiger partial charge in [-0.1, -0.05) is 0 Å². The fraction of sp³-hybridized carbons (Fsp3) is 0.375. The number of amides is 2. The van der Waals surface area contributed by atoms with Crippen LogP contribution in [0.4, 0.5) is 5.82 Å². The van der Waals surface area contributed by atoms with Crippen molar-refractivity contribution in [3.63, 3.8) is 0 Å². The number of nitrogens with zero attached hydrogens (tertiary/aromatic N) is 4. The number of piperidine rings is 1. The summed E-state index contributed by atoms with van der Waals surface area (Å²) in [6.07, 6.45) is 6.83. The van der Waals surface area contributed by atoms with Crippen LogP contribution in [0.5, 0.6) is 0 Å². The van der Waals surface area contributed by atoms with E-state index in [1.165, 1.54) is 0 Å². The van der Waals surface area contributed by atoms with Crippen LogP contribution < -0.4 is 16.4 Å². The highest BCUT2D eigenvalue weighted by Crippen LogP contribution is 2.30. The molecule has 2 aromatic heterocycles. The Kier molecular flexibility index (Phi) is 4.45. The molecule has 8 nitrogen and oxygen atoms in total. The average Bonchev–Trinajstić information content (AvgIpc) is 3.02. The van der Waals surface area contributed by atoms with Crippen LogP contribution in [0.1, 0.15) is 34.9 Å². The van der Waals surface area contributed by atoms with Crippen molar-refractivity contribution in [2.24, 2.45) is 11.5 Å². The molecule has 24 heavy (non-hydrogen) atoms. The Morgan fingerprint density at radius 2 is 1.92 bits per heavy atom. The van der Waals surface area contributed by atoms with E-state index in [2.05, 4.69) is 14.9 Å². The largest absolute Gasteiger partial charge is 0.368 e. The molecular weight excluding hydrogens is 308 g/mol. The SMILES string of the molecule is NC(=O)Cn1ccnc1C1CCN(c2ncccc2C(N)=O)CC1. The second-order valence-electron chi connectivity index (χ2n) is 5.88. The molecule has 0 aromatic carbocycles. The minimum absolute atomic E-state index is 0.140. The molecule has 3 heterocycles. The fourth-order valence-electron chi connectivity index (χ4n) is 3.17. The molecular formula is C16H20N6O2. The normalized spacial score (nSPS) is 15.4. The maximum absolute atomic E-state index is 11.6. The summed E-state index contributed by atoms with van der Waals surface area (Å²) in [4.78, 5) is 33.5. The topological polar surface area (TPSA) is 120 Å². The quantitative estimate of drug-likeness (QED) is 0.815. The van der Waals surface area contributed by atoms with Gasteiger partial charge in [0.15, 0.2) is 0 Å². The molecule has 8 heteroatoms. The minimum atomic E-state index is -0.475. The van der Waals surface area contributed by atoms with Crippen LogP contribution in [-0.4, -0.2) is 39.4 Å². The van der Waals surface area contributed by atoms with Crippen molar-refractivity contribution in [3.05, 3.63) is 42.1 Å². The van der Waals surface area contributed by atoms with Crippen molar-refractivity contribution < 1.29 is 9.59 Å². The van der Waals surface area contributed by atoms with Crippen LogP contribution >= 0.6 is 0 Å². The molecule has 0 radical (unpaired) electrons. The summed E-state index contributed by atoms with van der Waals surface area (Å²) in [7, 11) is 0. The monoisotopic (exact) mass is 328 g/mol. The van der Waals surface area contributed by atoms with Crippen LogP contribution in [0.2, 0.25) is 0 Å². The van der Waals surface area contributed by atoms with Crippen molar-refractivity contribution in [1.29, 1.82) is 0 Å². The highest BCUT2D eigenvalue weighted by molar-refractivity contribution is 5.97. The molecule has 1 aliphatic rings. The Bertz CT molecular complexity index is 749. The van der Waals surface area contributed by atoms with Gasteiger partial charge in [-0.2, -0.15) is 0 Å². The zero-order valence-electron chi connectivity index (χ0n) is 13.3. The molecule has 1 fully saturated rings. The van der Waals surface area contributed by atoms with Gasteiger partial charge in [0, 0.05) is 37.6 Å². The predicted octanol–water partition coefficient (Wildman–Crippen LogP) is 0.246. The van der Waals surface area contributed by atoms with E-state index in [9.17, 15) is 9.59 Å². The second-order valence-corrected chi connectivity index (χ2v) is 5.88. The molecule has 0 saturated carbocycles. The molecule has 1 aliphatic heterocycles. The molecule has 126 valence electrons. The number of primary amides is 2. The summed E-state index contributed by atoms with van der Waals surface area (Å²) in [5.41, 5.74) is 11.1. The van der Waals surface area contributed by atoms with Crippen LogP contribution in [0, 0.1) is 0 Å². The minimum Gasteiger partial charge on any atom is -0.368 e. The first-order chi connectivity index (χ1) is 11.6. The number of hydrogen-bond acceptors (Lipinski definition) is 5.